The normalized spacial score (nSPS) is 19.1. The highest BCUT2D eigenvalue weighted by atomic mass is 32.2. The second-order valence-corrected chi connectivity index (χ2v) is 9.93. The molecule has 0 fully saturated rings. The van der Waals surface area contributed by atoms with Gasteiger partial charge in [-0.15, -0.1) is 0 Å². The number of nitrogens with one attached hydrogen (secondary N) is 2. The highest BCUT2D eigenvalue weighted by Crippen LogP contribution is 2.44. The van der Waals surface area contributed by atoms with Gasteiger partial charge in [0.25, 0.3) is 0 Å². The van der Waals surface area contributed by atoms with Crippen molar-refractivity contribution in [3.63, 3.8) is 0 Å². The van der Waals surface area contributed by atoms with Crippen LogP contribution < -0.4 is 4.72 Å². The van der Waals surface area contributed by atoms with Crippen LogP contribution in [0.5, 0.6) is 0 Å². The number of sulfonamides is 1. The van der Waals surface area contributed by atoms with Crippen LogP contribution in [0.1, 0.15) is 42.1 Å². The molecule has 9 heteroatoms. The molecular formula is C24H25N3O5S. The van der Waals surface area contributed by atoms with E-state index in [1.807, 2.05) is 19.9 Å². The molecule has 3 aromatic rings. The minimum absolute atomic E-state index is 0.0295. The van der Waals surface area contributed by atoms with Gasteiger partial charge in [-0.1, -0.05) is 37.6 Å². The lowest BCUT2D eigenvalue weighted by Crippen LogP contribution is -2.58. The highest BCUT2D eigenvalue weighted by molar-refractivity contribution is 7.89. The van der Waals surface area contributed by atoms with Crippen LogP contribution in [0.15, 0.2) is 47.4 Å². The number of nitrogens with zero attached hydrogens (tertiary/aromatic N) is 1. The fourth-order valence-electron chi connectivity index (χ4n) is 4.73. The van der Waals surface area contributed by atoms with Crippen molar-refractivity contribution in [2.75, 3.05) is 6.61 Å². The number of carboxylic acid groups (broad SMARTS) is 1. The quantitative estimate of drug-likeness (QED) is 0.488. The minimum atomic E-state index is -4.14. The molecule has 0 radical (unpaired) electrons. The van der Waals surface area contributed by atoms with E-state index in [0.717, 1.165) is 22.0 Å². The summed E-state index contributed by atoms with van der Waals surface area (Å²) in [7, 11) is -4.14. The van der Waals surface area contributed by atoms with E-state index in [1.165, 1.54) is 12.1 Å². The lowest BCUT2D eigenvalue weighted by atomic mass is 9.81. The third kappa shape index (κ3) is 3.80. The van der Waals surface area contributed by atoms with Gasteiger partial charge in [-0.3, -0.25) is 4.79 Å². The van der Waals surface area contributed by atoms with Gasteiger partial charge in [0.1, 0.15) is 5.60 Å². The number of H-pyrrole nitrogens is 1. The van der Waals surface area contributed by atoms with E-state index in [-0.39, 0.29) is 17.9 Å². The molecule has 3 N–H and O–H groups in total. The lowest BCUT2D eigenvalue weighted by Gasteiger charge is -2.41. The van der Waals surface area contributed by atoms with Crippen LogP contribution in [0, 0.1) is 18.3 Å². The highest BCUT2D eigenvalue weighted by Gasteiger charge is 2.51. The first-order valence-corrected chi connectivity index (χ1v) is 12.2. The zero-order valence-electron chi connectivity index (χ0n) is 18.4. The number of nitriles is 1. The maximum absolute atomic E-state index is 13.1. The Morgan fingerprint density at radius 2 is 2.03 bits per heavy atom. The Morgan fingerprint density at radius 1 is 1.30 bits per heavy atom. The number of aryl methyl sites for hydroxylation is 1. The van der Waals surface area contributed by atoms with E-state index in [9.17, 15) is 23.6 Å². The van der Waals surface area contributed by atoms with Gasteiger partial charge in [0.05, 0.1) is 34.3 Å². The molecule has 2 atom stereocenters. The summed E-state index contributed by atoms with van der Waals surface area (Å²) in [6.07, 6.45) is 1.30. The summed E-state index contributed by atoms with van der Waals surface area (Å²) in [5.41, 5.74) is 1.97. The average Bonchev–Trinajstić information content (AvgIpc) is 3.21. The molecule has 0 saturated heterocycles. The first-order valence-electron chi connectivity index (χ1n) is 10.7. The number of aromatic amines is 1. The topological polar surface area (TPSA) is 132 Å². The van der Waals surface area contributed by atoms with Gasteiger partial charge in [-0.25, -0.2) is 8.42 Å². The summed E-state index contributed by atoms with van der Waals surface area (Å²) in [6.45, 7) is 3.99. The van der Waals surface area contributed by atoms with E-state index in [0.29, 0.717) is 24.1 Å². The Balaban J connectivity index is 1.93. The van der Waals surface area contributed by atoms with Gasteiger partial charge < -0.3 is 14.8 Å². The summed E-state index contributed by atoms with van der Waals surface area (Å²) in [5, 5.41) is 20.6. The van der Waals surface area contributed by atoms with Gasteiger partial charge >= 0.3 is 5.97 Å². The largest absolute Gasteiger partial charge is 0.480 e. The van der Waals surface area contributed by atoms with E-state index in [4.69, 9.17) is 4.74 Å². The number of benzene rings is 2. The number of hydrogen-bond acceptors (Lipinski definition) is 5. The van der Waals surface area contributed by atoms with Gasteiger partial charge in [0.15, 0.2) is 6.04 Å². The van der Waals surface area contributed by atoms with Crippen molar-refractivity contribution < 1.29 is 23.1 Å². The van der Waals surface area contributed by atoms with Crippen molar-refractivity contribution >= 4 is 26.9 Å². The Hall–Kier alpha value is -3.19. The molecule has 8 nitrogen and oxygen atoms in total. The van der Waals surface area contributed by atoms with Gasteiger partial charge in [-0.05, 0) is 49.1 Å². The number of fused-ring (bicyclic) bond motifs is 3. The minimum Gasteiger partial charge on any atom is -0.480 e. The number of carboxylic acids is 1. The maximum atomic E-state index is 13.1. The van der Waals surface area contributed by atoms with Gasteiger partial charge in [0, 0.05) is 5.39 Å². The van der Waals surface area contributed by atoms with Crippen molar-refractivity contribution in [2.45, 2.75) is 49.6 Å². The van der Waals surface area contributed by atoms with Crippen LogP contribution in [-0.4, -0.2) is 37.1 Å². The molecule has 0 bridgehead atoms. The summed E-state index contributed by atoms with van der Waals surface area (Å²) in [6, 6.07) is 11.9. The Labute approximate surface area is 192 Å². The number of rotatable bonds is 7. The summed E-state index contributed by atoms with van der Waals surface area (Å²) in [5.74, 6) is -1.34. The third-order valence-electron chi connectivity index (χ3n) is 6.18. The molecular weight excluding hydrogens is 442 g/mol. The van der Waals surface area contributed by atoms with Crippen molar-refractivity contribution in [1.82, 2.24) is 9.71 Å². The Bertz CT molecular complexity index is 1360. The predicted octanol–water partition coefficient (Wildman–Crippen LogP) is 3.35. The number of aromatic nitrogens is 1. The monoisotopic (exact) mass is 467 g/mol. The molecule has 1 aromatic heterocycles. The van der Waals surface area contributed by atoms with Gasteiger partial charge in [0.2, 0.25) is 10.0 Å². The standard InChI is InChI=1S/C24H25N3O5S/c1-3-12-24(22(23(28)29)27-33(30,31)17-7-5-4-6-8-17)21-18(11-13-32-24)19-16(14-25)10-9-15(2)20(19)26-21/h4-10,22,26-27H,3,11-13H2,1-2H3,(H,28,29)/t22-,24+/m1/s1. The molecule has 0 amide bonds. The molecule has 2 heterocycles. The van der Waals surface area contributed by atoms with Crippen LogP contribution in [0.2, 0.25) is 0 Å². The van der Waals surface area contributed by atoms with E-state index in [2.05, 4.69) is 15.8 Å². The van der Waals surface area contributed by atoms with Crippen molar-refractivity contribution in [3.05, 3.63) is 64.8 Å². The van der Waals surface area contributed by atoms with Crippen LogP contribution in [0.4, 0.5) is 0 Å². The van der Waals surface area contributed by atoms with Crippen LogP contribution in [0.3, 0.4) is 0 Å². The fraction of sp³-hybridized carbons (Fsp3) is 0.333. The molecule has 33 heavy (non-hydrogen) atoms. The maximum Gasteiger partial charge on any atom is 0.325 e. The second kappa shape index (κ2) is 8.63. The lowest BCUT2D eigenvalue weighted by molar-refractivity contribution is -0.155. The number of hydrogen-bond donors (Lipinski definition) is 3. The first-order chi connectivity index (χ1) is 15.7. The average molecular weight is 468 g/mol. The second-order valence-electron chi connectivity index (χ2n) is 8.21. The van der Waals surface area contributed by atoms with Crippen molar-refractivity contribution in [2.24, 2.45) is 0 Å². The molecule has 1 aliphatic rings. The van der Waals surface area contributed by atoms with Gasteiger partial charge in [-0.2, -0.15) is 9.98 Å². The van der Waals surface area contributed by atoms with Crippen molar-refractivity contribution in [3.8, 4) is 6.07 Å². The Morgan fingerprint density at radius 3 is 2.67 bits per heavy atom. The number of carbonyl (C=O) groups is 1. The Kier molecular flexibility index (Phi) is 6.01. The van der Waals surface area contributed by atoms with Crippen LogP contribution in [-0.2, 0) is 31.6 Å². The predicted molar refractivity (Wildman–Crippen MR) is 122 cm³/mol. The van der Waals surface area contributed by atoms with Crippen LogP contribution in [0.25, 0.3) is 10.9 Å². The molecule has 2 aromatic carbocycles. The van der Waals surface area contributed by atoms with E-state index in [1.54, 1.807) is 24.3 Å². The molecule has 0 aliphatic carbocycles. The zero-order chi connectivity index (χ0) is 23.8. The molecule has 1 aliphatic heterocycles. The molecule has 0 unspecified atom stereocenters. The van der Waals surface area contributed by atoms with Crippen LogP contribution >= 0.6 is 0 Å². The smallest absolute Gasteiger partial charge is 0.325 e. The summed E-state index contributed by atoms with van der Waals surface area (Å²) >= 11 is 0. The summed E-state index contributed by atoms with van der Waals surface area (Å²) in [4.78, 5) is 15.8. The molecule has 172 valence electrons. The fourth-order valence-corrected chi connectivity index (χ4v) is 5.98. The SMILES string of the molecule is CCC[C@]1([C@H](NS(=O)(=O)c2ccccc2)C(=O)O)OCCc2c1[nH]c1c(C)ccc(C#N)c21. The third-order valence-corrected chi connectivity index (χ3v) is 7.62. The van der Waals surface area contributed by atoms with E-state index >= 15 is 0 Å². The molecule has 4 rings (SSSR count). The molecule has 0 saturated carbocycles. The number of aliphatic carboxylic acids is 1. The van der Waals surface area contributed by atoms with Crippen molar-refractivity contribution in [1.29, 1.82) is 5.26 Å². The van der Waals surface area contributed by atoms with E-state index < -0.39 is 27.6 Å². The number of ether oxygens (including phenoxy) is 1. The zero-order valence-corrected chi connectivity index (χ0v) is 19.2. The first kappa shape index (κ1) is 23.0. The summed E-state index contributed by atoms with van der Waals surface area (Å²) < 4.78 is 34.7. The molecule has 0 spiro atoms.